The molecule has 0 saturated carbocycles. The molecule has 0 unspecified atom stereocenters. The lowest BCUT2D eigenvalue weighted by atomic mass is 10.1. The zero-order valence-electron chi connectivity index (χ0n) is 11.2. The summed E-state index contributed by atoms with van der Waals surface area (Å²) in [7, 11) is 5.26. The second-order valence-corrected chi connectivity index (χ2v) is 5.60. The second-order valence-electron chi connectivity index (χ2n) is 4.60. The van der Waals surface area contributed by atoms with E-state index < -0.39 is 0 Å². The van der Waals surface area contributed by atoms with Gasteiger partial charge in [0, 0.05) is 30.0 Å². The maximum atomic E-state index is 2.21. The van der Waals surface area contributed by atoms with Crippen LogP contribution in [0.3, 0.4) is 0 Å². The van der Waals surface area contributed by atoms with Crippen molar-refractivity contribution in [1.82, 2.24) is 4.90 Å². The molecule has 0 aliphatic rings. The topological polar surface area (TPSA) is 3.24 Å². The van der Waals surface area contributed by atoms with E-state index in [0.29, 0.717) is 0 Å². The van der Waals surface area contributed by atoms with E-state index in [4.69, 9.17) is 0 Å². The van der Waals surface area contributed by atoms with Gasteiger partial charge >= 0.3 is 0 Å². The first kappa shape index (κ1) is 12.6. The molecule has 0 aliphatic carbocycles. The molecule has 0 aromatic heterocycles. The normalized spacial score (nSPS) is 12.1. The Morgan fingerprint density at radius 1 is 0.778 bits per heavy atom. The van der Waals surface area contributed by atoms with Gasteiger partial charge in [0.15, 0.2) is 0 Å². The van der Waals surface area contributed by atoms with Crippen LogP contribution >= 0.6 is 0 Å². The molecule has 18 heavy (non-hydrogen) atoms. The quantitative estimate of drug-likeness (QED) is 0.600. The van der Waals surface area contributed by atoms with E-state index in [1.165, 1.54) is 22.0 Å². The first-order valence-electron chi connectivity index (χ1n) is 6.19. The molecule has 0 saturated heterocycles. The van der Waals surface area contributed by atoms with Crippen LogP contribution in [0.5, 0.6) is 0 Å². The number of rotatable bonds is 3. The fraction of sp³-hybridized carbons (Fsp3) is 0.125. The van der Waals surface area contributed by atoms with E-state index in [2.05, 4.69) is 79.7 Å². The van der Waals surface area contributed by atoms with Crippen molar-refractivity contribution in [2.75, 3.05) is 14.1 Å². The van der Waals surface area contributed by atoms with Crippen molar-refractivity contribution >= 4 is 21.1 Å². The van der Waals surface area contributed by atoms with Crippen molar-refractivity contribution in [2.45, 2.75) is 0 Å². The lowest BCUT2D eigenvalue weighted by Crippen LogP contribution is -2.12. The third-order valence-electron chi connectivity index (χ3n) is 3.06. The zero-order chi connectivity index (χ0) is 13.0. The maximum Gasteiger partial charge on any atom is 0.0422 e. The summed E-state index contributed by atoms with van der Waals surface area (Å²) in [5.74, 6) is 0. The number of benzene rings is 2. The fourth-order valence-electron chi connectivity index (χ4n) is 2.23. The lowest BCUT2D eigenvalue weighted by Gasteiger charge is -2.21. The Balaban J connectivity index is 2.55. The second kappa shape index (κ2) is 5.69. The molecule has 2 rings (SSSR count). The van der Waals surface area contributed by atoms with E-state index in [0.717, 1.165) is 10.2 Å². The average molecular weight is 253 g/mol. The van der Waals surface area contributed by atoms with Crippen LogP contribution in [0, 0.1) is 0 Å². The zero-order valence-corrected chi connectivity index (χ0v) is 13.2. The SMILES string of the molecule is CN(C)C(=C([SiH3])c1ccccc1)c1ccccc1. The molecule has 0 spiro atoms. The predicted octanol–water partition coefficient (Wildman–Crippen LogP) is 2.44. The van der Waals surface area contributed by atoms with E-state index >= 15 is 0 Å². The Labute approximate surface area is 112 Å². The molecule has 2 heteroatoms. The molecule has 0 N–H and O–H groups in total. The summed E-state index contributed by atoms with van der Waals surface area (Å²) in [4.78, 5) is 2.21. The van der Waals surface area contributed by atoms with Gasteiger partial charge < -0.3 is 4.90 Å². The summed E-state index contributed by atoms with van der Waals surface area (Å²) >= 11 is 0. The molecule has 2 aromatic rings. The smallest absolute Gasteiger partial charge is 0.0422 e. The minimum absolute atomic E-state index is 1.03. The highest BCUT2D eigenvalue weighted by atomic mass is 28.1. The number of hydrogen-bond acceptors (Lipinski definition) is 1. The van der Waals surface area contributed by atoms with Gasteiger partial charge in [-0.3, -0.25) is 0 Å². The van der Waals surface area contributed by atoms with Crippen LogP contribution in [-0.4, -0.2) is 29.2 Å². The highest BCUT2D eigenvalue weighted by Gasteiger charge is 2.08. The molecular weight excluding hydrogens is 234 g/mol. The molecule has 0 radical (unpaired) electrons. The minimum atomic E-state index is 1.03. The Morgan fingerprint density at radius 3 is 1.67 bits per heavy atom. The van der Waals surface area contributed by atoms with Crippen LogP contribution in [0.2, 0.25) is 0 Å². The summed E-state index contributed by atoms with van der Waals surface area (Å²) in [5.41, 5.74) is 3.95. The highest BCUT2D eigenvalue weighted by Crippen LogP contribution is 2.25. The highest BCUT2D eigenvalue weighted by molar-refractivity contribution is 6.46. The van der Waals surface area contributed by atoms with Crippen LogP contribution < -0.4 is 0 Å². The maximum absolute atomic E-state index is 2.21. The van der Waals surface area contributed by atoms with Gasteiger partial charge in [0.05, 0.1) is 0 Å². The van der Waals surface area contributed by atoms with Crippen LogP contribution in [0.4, 0.5) is 0 Å². The summed E-state index contributed by atoms with van der Waals surface area (Å²) in [6.07, 6.45) is 0. The Morgan fingerprint density at radius 2 is 1.22 bits per heavy atom. The van der Waals surface area contributed by atoms with Crippen molar-refractivity contribution in [1.29, 1.82) is 0 Å². The van der Waals surface area contributed by atoms with Gasteiger partial charge in [-0.15, -0.1) is 0 Å². The van der Waals surface area contributed by atoms with Gasteiger partial charge in [0.1, 0.15) is 0 Å². The fourth-order valence-corrected chi connectivity index (χ4v) is 3.30. The third-order valence-corrected chi connectivity index (χ3v) is 4.11. The third kappa shape index (κ3) is 2.71. The van der Waals surface area contributed by atoms with Crippen LogP contribution in [0.15, 0.2) is 60.7 Å². The molecule has 92 valence electrons. The van der Waals surface area contributed by atoms with Crippen LogP contribution in [-0.2, 0) is 0 Å². The molecule has 0 amide bonds. The van der Waals surface area contributed by atoms with E-state index in [9.17, 15) is 0 Å². The van der Waals surface area contributed by atoms with Crippen molar-refractivity contribution in [3.63, 3.8) is 0 Å². The summed E-state index contributed by atoms with van der Waals surface area (Å²) in [5, 5.41) is 1.44. The summed E-state index contributed by atoms with van der Waals surface area (Å²) in [6, 6.07) is 21.3. The van der Waals surface area contributed by atoms with Gasteiger partial charge in [-0.25, -0.2) is 0 Å². The molecule has 1 nitrogen and oxygen atoms in total. The standard InChI is InChI=1S/C16H19NSi/c1-17(2)15(13-9-5-3-6-10-13)16(18)14-11-7-4-8-12-14/h3-12H,1-2,18H3. The summed E-state index contributed by atoms with van der Waals surface area (Å²) in [6.45, 7) is 0. The molecule has 0 aliphatic heterocycles. The molecule has 0 fully saturated rings. The minimum Gasteiger partial charge on any atom is -0.377 e. The largest absolute Gasteiger partial charge is 0.377 e. The Hall–Kier alpha value is -1.80. The average Bonchev–Trinajstić information content (AvgIpc) is 2.40. The predicted molar refractivity (Wildman–Crippen MR) is 83.3 cm³/mol. The van der Waals surface area contributed by atoms with Crippen LogP contribution in [0.25, 0.3) is 10.9 Å². The van der Waals surface area contributed by atoms with E-state index in [1.807, 2.05) is 0 Å². The molecular formula is C16H19NSi. The van der Waals surface area contributed by atoms with Gasteiger partial charge in [0.2, 0.25) is 0 Å². The first-order chi connectivity index (χ1) is 8.70. The number of nitrogens with zero attached hydrogens (tertiary/aromatic N) is 1. The Bertz CT molecular complexity index is 530. The van der Waals surface area contributed by atoms with Gasteiger partial charge in [-0.2, -0.15) is 0 Å². The molecule has 0 heterocycles. The summed E-state index contributed by atoms with van der Waals surface area (Å²) < 4.78 is 0. The molecule has 0 atom stereocenters. The van der Waals surface area contributed by atoms with Gasteiger partial charge in [-0.1, -0.05) is 60.7 Å². The van der Waals surface area contributed by atoms with Crippen LogP contribution in [0.1, 0.15) is 11.1 Å². The van der Waals surface area contributed by atoms with Gasteiger partial charge in [0.25, 0.3) is 0 Å². The molecule has 0 bridgehead atoms. The van der Waals surface area contributed by atoms with Crippen molar-refractivity contribution in [3.8, 4) is 0 Å². The van der Waals surface area contributed by atoms with Crippen molar-refractivity contribution < 1.29 is 0 Å². The van der Waals surface area contributed by atoms with Gasteiger partial charge in [-0.05, 0) is 16.3 Å². The molecule has 2 aromatic carbocycles. The monoisotopic (exact) mass is 253 g/mol. The lowest BCUT2D eigenvalue weighted by molar-refractivity contribution is 0.594. The van der Waals surface area contributed by atoms with E-state index in [1.54, 1.807) is 0 Å². The number of hydrogen-bond donors (Lipinski definition) is 0. The van der Waals surface area contributed by atoms with Crippen molar-refractivity contribution in [3.05, 3.63) is 71.8 Å². The first-order valence-corrected chi connectivity index (χ1v) is 7.19. The van der Waals surface area contributed by atoms with Crippen molar-refractivity contribution in [2.24, 2.45) is 0 Å². The van der Waals surface area contributed by atoms with E-state index in [-0.39, 0.29) is 0 Å². The Kier molecular flexibility index (Phi) is 4.00.